The molecule has 0 aliphatic rings. The van der Waals surface area contributed by atoms with Crippen LogP contribution in [0.1, 0.15) is 70.7 Å². The highest BCUT2D eigenvalue weighted by Gasteiger charge is 2.31. The molecule has 0 heterocycles. The second-order valence-corrected chi connectivity index (χ2v) is 14.1. The number of allylic oxidation sites excluding steroid dienone is 1. The van der Waals surface area contributed by atoms with Crippen LogP contribution in [-0.4, -0.2) is 0 Å². The van der Waals surface area contributed by atoms with E-state index in [1.807, 2.05) is 0 Å². The molecule has 2 heteroatoms. The zero-order chi connectivity index (χ0) is 33.9. The molecule has 0 amide bonds. The quantitative estimate of drug-likeness (QED) is 0.157. The zero-order valence-corrected chi connectivity index (χ0v) is 29.5. The van der Waals surface area contributed by atoms with Gasteiger partial charge in [-0.1, -0.05) is 131 Å². The Kier molecular flexibility index (Phi) is 9.29. The van der Waals surface area contributed by atoms with Crippen molar-refractivity contribution in [3.8, 4) is 0 Å². The van der Waals surface area contributed by atoms with Gasteiger partial charge in [-0.05, 0) is 109 Å². The van der Waals surface area contributed by atoms with Gasteiger partial charge in [-0.25, -0.2) is 0 Å². The van der Waals surface area contributed by atoms with Crippen LogP contribution in [0.5, 0.6) is 0 Å². The van der Waals surface area contributed by atoms with Gasteiger partial charge >= 0.3 is 0 Å². The van der Waals surface area contributed by atoms with E-state index in [9.17, 15) is 0 Å². The lowest BCUT2D eigenvalue weighted by atomic mass is 9.84. The highest BCUT2D eigenvalue weighted by atomic mass is 15.2. The van der Waals surface area contributed by atoms with Gasteiger partial charge in [0.2, 0.25) is 0 Å². The molecule has 6 aromatic rings. The first-order chi connectivity index (χ1) is 23.1. The van der Waals surface area contributed by atoms with Gasteiger partial charge in [0.15, 0.2) is 0 Å². The van der Waals surface area contributed by atoms with Crippen molar-refractivity contribution in [1.82, 2.24) is 0 Å². The molecule has 0 fully saturated rings. The van der Waals surface area contributed by atoms with E-state index in [2.05, 4.69) is 210 Å². The molecular weight excluding hydrogens is 581 g/mol. The third kappa shape index (κ3) is 6.53. The van der Waals surface area contributed by atoms with Gasteiger partial charge < -0.3 is 9.80 Å². The van der Waals surface area contributed by atoms with E-state index in [4.69, 9.17) is 0 Å². The van der Waals surface area contributed by atoms with Crippen molar-refractivity contribution in [2.24, 2.45) is 0 Å². The number of para-hydroxylation sites is 1. The summed E-state index contributed by atoms with van der Waals surface area (Å²) in [5.41, 5.74) is 10.7. The summed E-state index contributed by atoms with van der Waals surface area (Å²) in [5, 5.41) is 2.47. The van der Waals surface area contributed by atoms with Gasteiger partial charge in [0.05, 0.1) is 5.54 Å². The summed E-state index contributed by atoms with van der Waals surface area (Å²) in [6.07, 6.45) is 3.22. The molecule has 0 aliphatic carbocycles. The molecule has 0 saturated heterocycles. The van der Waals surface area contributed by atoms with Crippen LogP contribution in [-0.2, 0) is 17.4 Å². The van der Waals surface area contributed by atoms with E-state index in [0.717, 1.165) is 29.2 Å². The third-order valence-corrected chi connectivity index (χ3v) is 9.58. The van der Waals surface area contributed by atoms with Crippen LogP contribution >= 0.6 is 0 Å². The summed E-state index contributed by atoms with van der Waals surface area (Å²) in [6, 6.07) is 53.2. The maximum atomic E-state index is 2.46. The number of anilines is 4. The monoisotopic (exact) mass is 628 g/mol. The van der Waals surface area contributed by atoms with E-state index < -0.39 is 0 Å². The minimum atomic E-state index is -0.314. The average molecular weight is 629 g/mol. The van der Waals surface area contributed by atoms with Gasteiger partial charge in [-0.2, -0.15) is 0 Å². The van der Waals surface area contributed by atoms with Crippen molar-refractivity contribution >= 4 is 39.2 Å². The molecule has 0 atom stereocenters. The smallest absolute Gasteiger partial charge is 0.0646 e. The lowest BCUT2D eigenvalue weighted by Crippen LogP contribution is -2.38. The highest BCUT2D eigenvalue weighted by molar-refractivity contribution is 5.94. The topological polar surface area (TPSA) is 6.48 Å². The minimum Gasteiger partial charge on any atom is -0.332 e. The van der Waals surface area contributed by atoms with Crippen LogP contribution in [0.4, 0.5) is 22.7 Å². The molecule has 48 heavy (non-hydrogen) atoms. The van der Waals surface area contributed by atoms with Gasteiger partial charge in [-0.15, -0.1) is 0 Å². The van der Waals surface area contributed by atoms with Gasteiger partial charge in [0.25, 0.3) is 0 Å². The maximum absolute atomic E-state index is 2.46. The van der Waals surface area contributed by atoms with Crippen LogP contribution < -0.4 is 9.80 Å². The van der Waals surface area contributed by atoms with Gasteiger partial charge in [0, 0.05) is 34.0 Å². The summed E-state index contributed by atoms with van der Waals surface area (Å²) in [6.45, 7) is 15.8. The van der Waals surface area contributed by atoms with Crippen molar-refractivity contribution in [2.45, 2.75) is 65.8 Å². The lowest BCUT2D eigenvalue weighted by Gasteiger charge is -2.41. The first-order valence-electron chi connectivity index (χ1n) is 17.2. The molecule has 0 aromatic heterocycles. The van der Waals surface area contributed by atoms with E-state index in [0.29, 0.717) is 0 Å². The van der Waals surface area contributed by atoms with Crippen molar-refractivity contribution in [1.29, 1.82) is 0 Å². The molecule has 0 spiro atoms. The number of hydrogen-bond acceptors (Lipinski definition) is 2. The standard InChI is InChI=1S/C46H48N2/c1-8-34-17-15-16-22-43(34)44(9-2)47(42-28-23-35-18-13-14-19-36(35)33-42)39-29-31-41(32-30-39)48(40-20-11-10-12-21-40)46(6,7)38-26-24-37(25-27-38)45(3,4)5/h9-33H,8H2,1-7H3/b44-9+. The number of hydrogen-bond donors (Lipinski definition) is 0. The fourth-order valence-electron chi connectivity index (χ4n) is 6.86. The maximum Gasteiger partial charge on any atom is 0.0646 e. The third-order valence-electron chi connectivity index (χ3n) is 9.58. The Bertz CT molecular complexity index is 2010. The van der Waals surface area contributed by atoms with E-state index in [1.165, 1.54) is 38.7 Å². The Hall–Kier alpha value is -5.08. The molecule has 0 bridgehead atoms. The largest absolute Gasteiger partial charge is 0.332 e. The predicted octanol–water partition coefficient (Wildman–Crippen LogP) is 13.0. The number of rotatable bonds is 9. The Labute approximate surface area is 288 Å². The number of benzene rings is 6. The van der Waals surface area contributed by atoms with Gasteiger partial charge in [0.1, 0.15) is 0 Å². The average Bonchev–Trinajstić information content (AvgIpc) is 3.11. The van der Waals surface area contributed by atoms with Gasteiger partial charge in [-0.3, -0.25) is 0 Å². The molecular formula is C46H48N2. The minimum absolute atomic E-state index is 0.109. The summed E-state index contributed by atoms with van der Waals surface area (Å²) in [5.74, 6) is 0. The summed E-state index contributed by atoms with van der Waals surface area (Å²) < 4.78 is 0. The highest BCUT2D eigenvalue weighted by Crippen LogP contribution is 2.43. The fourth-order valence-corrected chi connectivity index (χ4v) is 6.86. The second kappa shape index (κ2) is 13.6. The summed E-state index contributed by atoms with van der Waals surface area (Å²) >= 11 is 0. The van der Waals surface area contributed by atoms with Crippen LogP contribution in [0, 0.1) is 0 Å². The Morgan fingerprint density at radius 2 is 1.08 bits per heavy atom. The van der Waals surface area contributed by atoms with Crippen molar-refractivity contribution < 1.29 is 0 Å². The normalized spacial score (nSPS) is 12.3. The molecule has 0 radical (unpaired) electrons. The summed E-state index contributed by atoms with van der Waals surface area (Å²) in [7, 11) is 0. The van der Waals surface area contributed by atoms with E-state index >= 15 is 0 Å². The first-order valence-corrected chi connectivity index (χ1v) is 17.2. The Morgan fingerprint density at radius 1 is 0.542 bits per heavy atom. The first kappa shape index (κ1) is 32.8. The number of aryl methyl sites for hydroxylation is 1. The van der Waals surface area contributed by atoms with Crippen LogP contribution in [0.2, 0.25) is 0 Å². The Balaban J connectivity index is 1.47. The molecule has 2 nitrogen and oxygen atoms in total. The zero-order valence-electron chi connectivity index (χ0n) is 29.5. The van der Waals surface area contributed by atoms with Crippen LogP contribution in [0.25, 0.3) is 16.5 Å². The molecule has 6 rings (SSSR count). The lowest BCUT2D eigenvalue weighted by molar-refractivity contribution is 0.533. The van der Waals surface area contributed by atoms with Crippen molar-refractivity contribution in [3.05, 3.63) is 174 Å². The molecule has 0 N–H and O–H groups in total. The van der Waals surface area contributed by atoms with E-state index in [1.54, 1.807) is 0 Å². The van der Waals surface area contributed by atoms with E-state index in [-0.39, 0.29) is 11.0 Å². The molecule has 0 unspecified atom stereocenters. The molecule has 0 aliphatic heterocycles. The molecule has 0 saturated carbocycles. The number of fused-ring (bicyclic) bond motifs is 1. The fraction of sp³-hybridized carbons (Fsp3) is 0.217. The van der Waals surface area contributed by atoms with Crippen molar-refractivity contribution in [3.63, 3.8) is 0 Å². The van der Waals surface area contributed by atoms with Crippen molar-refractivity contribution in [2.75, 3.05) is 9.80 Å². The SMILES string of the molecule is C/C=C(\c1ccccc1CC)N(c1ccc(N(c2ccccc2)C(C)(C)c2ccc(C(C)(C)C)cc2)cc1)c1ccc2ccccc2c1. The Morgan fingerprint density at radius 3 is 1.73 bits per heavy atom. The second-order valence-electron chi connectivity index (χ2n) is 14.1. The van der Waals surface area contributed by atoms with Crippen LogP contribution in [0.3, 0.4) is 0 Å². The molecule has 6 aromatic carbocycles. The predicted molar refractivity (Wildman–Crippen MR) is 209 cm³/mol. The molecule has 242 valence electrons. The number of nitrogens with zero attached hydrogens (tertiary/aromatic N) is 2. The van der Waals surface area contributed by atoms with Crippen LogP contribution in [0.15, 0.2) is 152 Å². The summed E-state index contributed by atoms with van der Waals surface area (Å²) in [4.78, 5) is 4.88.